The van der Waals surface area contributed by atoms with Crippen molar-refractivity contribution >= 4 is 63.4 Å². The number of carbonyl (C=O) groups excluding carboxylic acids is 1. The van der Waals surface area contributed by atoms with Crippen molar-refractivity contribution < 1.29 is 14.5 Å². The van der Waals surface area contributed by atoms with E-state index in [0.717, 1.165) is 11.3 Å². The lowest BCUT2D eigenvalue weighted by atomic mass is 10.3. The van der Waals surface area contributed by atoms with Crippen molar-refractivity contribution in [2.75, 3.05) is 6.61 Å². The average molecular weight is 423 g/mol. The van der Waals surface area contributed by atoms with Gasteiger partial charge in [-0.1, -0.05) is 34.8 Å². The van der Waals surface area contributed by atoms with Crippen molar-refractivity contribution in [3.8, 4) is 5.75 Å². The van der Waals surface area contributed by atoms with Gasteiger partial charge in [0.2, 0.25) is 0 Å². The summed E-state index contributed by atoms with van der Waals surface area (Å²) in [5, 5.41) is 16.6. The van der Waals surface area contributed by atoms with Gasteiger partial charge in [-0.2, -0.15) is 5.10 Å². The van der Waals surface area contributed by atoms with Gasteiger partial charge >= 0.3 is 0 Å². The van der Waals surface area contributed by atoms with Crippen LogP contribution in [0.1, 0.15) is 11.8 Å². The molecule has 0 spiro atoms. The Kier molecular flexibility index (Phi) is 6.60. The predicted octanol–water partition coefficient (Wildman–Crippen LogP) is 4.54. The molecular formula is C14H10Cl3N3O4S. The zero-order valence-corrected chi connectivity index (χ0v) is 15.7. The van der Waals surface area contributed by atoms with Crippen LogP contribution in [0.25, 0.3) is 0 Å². The number of nitro groups is 1. The van der Waals surface area contributed by atoms with Crippen LogP contribution in [-0.4, -0.2) is 23.1 Å². The van der Waals surface area contributed by atoms with E-state index in [4.69, 9.17) is 39.5 Å². The van der Waals surface area contributed by atoms with Gasteiger partial charge in [0.25, 0.3) is 11.6 Å². The lowest BCUT2D eigenvalue weighted by Crippen LogP contribution is -2.25. The van der Waals surface area contributed by atoms with Crippen LogP contribution in [0.2, 0.25) is 15.1 Å². The van der Waals surface area contributed by atoms with E-state index in [2.05, 4.69) is 10.5 Å². The van der Waals surface area contributed by atoms with Crippen LogP contribution >= 0.6 is 46.1 Å². The summed E-state index contributed by atoms with van der Waals surface area (Å²) in [7, 11) is 0. The third-order valence-corrected chi connectivity index (χ3v) is 4.62. The zero-order chi connectivity index (χ0) is 18.6. The standard InChI is InChI=1S/C14H10Cl3N3O4S/c1-7(12-4-9(6-25-12)20(22)23)18-19-13(21)5-24-14-10(16)2-8(15)3-11(14)17/h2-4,6H,5H2,1H3,(H,19,21)/b18-7+. The molecule has 1 aromatic heterocycles. The van der Waals surface area contributed by atoms with Crippen LogP contribution in [0.15, 0.2) is 28.7 Å². The number of rotatable bonds is 6. The number of nitrogens with zero attached hydrogens (tertiary/aromatic N) is 2. The second-order valence-electron chi connectivity index (χ2n) is 4.65. The Morgan fingerprint density at radius 3 is 2.52 bits per heavy atom. The van der Waals surface area contributed by atoms with E-state index in [-0.39, 0.29) is 28.1 Å². The van der Waals surface area contributed by atoms with E-state index < -0.39 is 10.8 Å². The molecule has 0 saturated carbocycles. The molecule has 0 fully saturated rings. The minimum Gasteiger partial charge on any atom is -0.481 e. The van der Waals surface area contributed by atoms with Gasteiger partial charge in [-0.3, -0.25) is 14.9 Å². The molecule has 1 amide bonds. The van der Waals surface area contributed by atoms with Crippen molar-refractivity contribution in [2.45, 2.75) is 6.92 Å². The minimum absolute atomic E-state index is 0.0313. The molecule has 0 saturated heterocycles. The van der Waals surface area contributed by atoms with E-state index in [1.165, 1.54) is 23.6 Å². The largest absolute Gasteiger partial charge is 0.481 e. The smallest absolute Gasteiger partial charge is 0.280 e. The lowest BCUT2D eigenvalue weighted by molar-refractivity contribution is -0.384. The predicted molar refractivity (Wildman–Crippen MR) is 98.3 cm³/mol. The van der Waals surface area contributed by atoms with Crippen LogP contribution in [0.3, 0.4) is 0 Å². The average Bonchev–Trinajstić information content (AvgIpc) is 3.01. The third kappa shape index (κ3) is 5.30. The monoisotopic (exact) mass is 421 g/mol. The maximum Gasteiger partial charge on any atom is 0.280 e. The molecule has 0 unspecified atom stereocenters. The van der Waals surface area contributed by atoms with Crippen molar-refractivity contribution in [3.05, 3.63) is 53.6 Å². The Balaban J connectivity index is 1.95. The second kappa shape index (κ2) is 8.48. The Hall–Kier alpha value is -1.87. The Morgan fingerprint density at radius 1 is 1.32 bits per heavy atom. The number of nitrogens with one attached hydrogen (secondary N) is 1. The van der Waals surface area contributed by atoms with Gasteiger partial charge in [0.05, 0.1) is 30.9 Å². The molecule has 0 atom stereocenters. The van der Waals surface area contributed by atoms with E-state index >= 15 is 0 Å². The van der Waals surface area contributed by atoms with Crippen molar-refractivity contribution in [1.29, 1.82) is 0 Å². The summed E-state index contributed by atoms with van der Waals surface area (Å²) in [5.74, 6) is -0.412. The molecule has 0 aliphatic heterocycles. The molecule has 2 rings (SSSR count). The Labute approximate surface area is 161 Å². The molecule has 7 nitrogen and oxygen atoms in total. The number of hydrogen-bond acceptors (Lipinski definition) is 6. The minimum atomic E-state index is -0.549. The fraction of sp³-hybridized carbons (Fsp3) is 0.143. The molecule has 25 heavy (non-hydrogen) atoms. The quantitative estimate of drug-likeness (QED) is 0.420. The highest BCUT2D eigenvalue weighted by Crippen LogP contribution is 2.35. The number of hydrogen-bond donors (Lipinski definition) is 1. The van der Waals surface area contributed by atoms with Crippen molar-refractivity contribution in [2.24, 2.45) is 5.10 Å². The van der Waals surface area contributed by atoms with Crippen LogP contribution in [0.4, 0.5) is 5.69 Å². The first-order valence-electron chi connectivity index (χ1n) is 6.61. The summed E-state index contributed by atoms with van der Waals surface area (Å²) in [4.78, 5) is 22.5. The van der Waals surface area contributed by atoms with E-state index in [9.17, 15) is 14.9 Å². The first kappa shape index (κ1) is 19.5. The summed E-state index contributed by atoms with van der Waals surface area (Å²) in [6.45, 7) is 1.24. The second-order valence-corrected chi connectivity index (χ2v) is 6.81. The number of benzene rings is 1. The number of thiophene rings is 1. The zero-order valence-electron chi connectivity index (χ0n) is 12.6. The normalized spacial score (nSPS) is 11.3. The highest BCUT2D eigenvalue weighted by molar-refractivity contribution is 7.12. The maximum absolute atomic E-state index is 11.8. The highest BCUT2D eigenvalue weighted by atomic mass is 35.5. The van der Waals surface area contributed by atoms with E-state index in [1.807, 2.05) is 0 Å². The highest BCUT2D eigenvalue weighted by Gasteiger charge is 2.13. The summed E-state index contributed by atoms with van der Waals surface area (Å²) in [5.41, 5.74) is 2.68. The molecule has 1 N–H and O–H groups in total. The molecule has 0 radical (unpaired) electrons. The molecule has 1 heterocycles. The molecule has 0 aliphatic carbocycles. The van der Waals surface area contributed by atoms with Gasteiger partial charge in [0.1, 0.15) is 0 Å². The molecule has 0 bridgehead atoms. The summed E-state index contributed by atoms with van der Waals surface area (Å²) in [6, 6.07) is 4.25. The van der Waals surface area contributed by atoms with Crippen LogP contribution in [0, 0.1) is 10.1 Å². The van der Waals surface area contributed by atoms with Crippen molar-refractivity contribution in [1.82, 2.24) is 5.43 Å². The number of carbonyl (C=O) groups is 1. The fourth-order valence-corrected chi connectivity index (χ4v) is 3.38. The van der Waals surface area contributed by atoms with E-state index in [0.29, 0.717) is 15.6 Å². The van der Waals surface area contributed by atoms with Crippen molar-refractivity contribution in [3.63, 3.8) is 0 Å². The number of ether oxygens (including phenoxy) is 1. The Morgan fingerprint density at radius 2 is 1.96 bits per heavy atom. The number of halogens is 3. The van der Waals surface area contributed by atoms with E-state index in [1.54, 1.807) is 6.92 Å². The van der Waals surface area contributed by atoms with Gasteiger partial charge in [-0.05, 0) is 19.1 Å². The first-order valence-corrected chi connectivity index (χ1v) is 8.63. The van der Waals surface area contributed by atoms with Gasteiger partial charge in [0.15, 0.2) is 12.4 Å². The molecular weight excluding hydrogens is 413 g/mol. The maximum atomic E-state index is 11.8. The lowest BCUT2D eigenvalue weighted by Gasteiger charge is -2.09. The molecule has 1 aromatic carbocycles. The molecule has 11 heteroatoms. The number of hydrazone groups is 1. The number of amides is 1. The van der Waals surface area contributed by atoms with Crippen LogP contribution < -0.4 is 10.2 Å². The molecule has 132 valence electrons. The fourth-order valence-electron chi connectivity index (χ4n) is 1.65. The topological polar surface area (TPSA) is 93.8 Å². The van der Waals surface area contributed by atoms with Gasteiger partial charge in [0, 0.05) is 11.1 Å². The Bertz CT molecular complexity index is 831. The summed E-state index contributed by atoms with van der Waals surface area (Å²) in [6.07, 6.45) is 0. The summed E-state index contributed by atoms with van der Waals surface area (Å²) < 4.78 is 5.27. The third-order valence-electron chi connectivity index (χ3n) is 2.81. The SMILES string of the molecule is C/C(=N\NC(=O)COc1c(Cl)cc(Cl)cc1Cl)c1cc([N+](=O)[O-])cs1. The summed E-state index contributed by atoms with van der Waals surface area (Å²) >= 11 is 18.8. The van der Waals surface area contributed by atoms with Gasteiger partial charge in [-0.25, -0.2) is 5.43 Å². The van der Waals surface area contributed by atoms with Crippen LogP contribution in [0.5, 0.6) is 5.75 Å². The van der Waals surface area contributed by atoms with Gasteiger partial charge < -0.3 is 4.74 Å². The first-order chi connectivity index (χ1) is 11.8. The van der Waals surface area contributed by atoms with Crippen LogP contribution in [-0.2, 0) is 4.79 Å². The molecule has 2 aromatic rings. The molecule has 0 aliphatic rings. The van der Waals surface area contributed by atoms with Gasteiger partial charge in [-0.15, -0.1) is 11.3 Å².